The number of Topliss-reactive ketones (excluding diaryl/α,β-unsaturated/α-hetero) is 1. The summed E-state index contributed by atoms with van der Waals surface area (Å²) in [5.41, 5.74) is 2.31. The number of rotatable bonds is 3. The van der Waals surface area contributed by atoms with Crippen LogP contribution in [0, 0.1) is 5.92 Å². The minimum absolute atomic E-state index is 0.272. The summed E-state index contributed by atoms with van der Waals surface area (Å²) in [6.45, 7) is 0.746. The van der Waals surface area contributed by atoms with Crippen molar-refractivity contribution < 1.29 is 9.53 Å². The van der Waals surface area contributed by atoms with E-state index < -0.39 is 0 Å². The first-order chi connectivity index (χ1) is 9.74. The normalized spacial score (nSPS) is 19.2. The molecule has 108 valence electrons. The lowest BCUT2D eigenvalue weighted by atomic mass is 9.91. The van der Waals surface area contributed by atoms with Crippen molar-refractivity contribution in [3.05, 3.63) is 27.7 Å². The summed E-state index contributed by atoms with van der Waals surface area (Å²) in [6.07, 6.45) is 8.66. The van der Waals surface area contributed by atoms with Crippen LogP contribution >= 0.6 is 15.9 Å². The number of carbonyl (C=O) groups excluding carboxylic acids is 1. The van der Waals surface area contributed by atoms with Gasteiger partial charge in [0.05, 0.1) is 6.61 Å². The second-order valence-electron chi connectivity index (χ2n) is 5.98. The molecular formula is C17H21BrO2. The molecule has 0 spiro atoms. The zero-order valence-electron chi connectivity index (χ0n) is 11.8. The highest BCUT2D eigenvalue weighted by Crippen LogP contribution is 2.34. The van der Waals surface area contributed by atoms with Gasteiger partial charge in [0.15, 0.2) is 0 Å². The summed E-state index contributed by atoms with van der Waals surface area (Å²) in [6, 6.07) is 4.17. The molecule has 1 fully saturated rings. The number of hydrogen-bond donors (Lipinski definition) is 0. The fraction of sp³-hybridized carbons (Fsp3) is 0.588. The summed E-state index contributed by atoms with van der Waals surface area (Å²) in [5.74, 6) is 1.64. The van der Waals surface area contributed by atoms with Crippen molar-refractivity contribution in [3.8, 4) is 5.75 Å². The van der Waals surface area contributed by atoms with E-state index in [1.807, 2.05) is 0 Å². The van der Waals surface area contributed by atoms with Gasteiger partial charge < -0.3 is 4.74 Å². The Morgan fingerprint density at radius 3 is 2.70 bits per heavy atom. The Morgan fingerprint density at radius 2 is 1.95 bits per heavy atom. The standard InChI is InChI=1S/C17H21BrO2/c18-15-9-13-7-8-20-17(13)14(10-15)11-16(19)12-5-3-1-2-4-6-12/h9-10,12H,1-8,11H2. The van der Waals surface area contributed by atoms with Crippen molar-refractivity contribution in [3.63, 3.8) is 0 Å². The van der Waals surface area contributed by atoms with Gasteiger partial charge in [0.25, 0.3) is 0 Å². The molecule has 1 aliphatic carbocycles. The van der Waals surface area contributed by atoms with Crippen LogP contribution in [-0.2, 0) is 17.6 Å². The number of hydrogen-bond acceptors (Lipinski definition) is 2. The average molecular weight is 337 g/mol. The highest BCUT2D eigenvalue weighted by molar-refractivity contribution is 9.10. The van der Waals surface area contributed by atoms with Crippen LogP contribution in [0.5, 0.6) is 5.75 Å². The second-order valence-corrected chi connectivity index (χ2v) is 6.90. The molecule has 0 atom stereocenters. The molecule has 20 heavy (non-hydrogen) atoms. The van der Waals surface area contributed by atoms with Gasteiger partial charge in [-0.1, -0.05) is 41.6 Å². The summed E-state index contributed by atoms with van der Waals surface area (Å²) < 4.78 is 6.79. The maximum Gasteiger partial charge on any atom is 0.140 e. The highest BCUT2D eigenvalue weighted by Gasteiger charge is 2.24. The number of ketones is 1. The van der Waals surface area contributed by atoms with Crippen molar-refractivity contribution in [1.29, 1.82) is 0 Å². The molecule has 0 saturated heterocycles. The number of fused-ring (bicyclic) bond motifs is 1. The highest BCUT2D eigenvalue weighted by atomic mass is 79.9. The number of ether oxygens (including phenoxy) is 1. The smallest absolute Gasteiger partial charge is 0.140 e. The van der Waals surface area contributed by atoms with Gasteiger partial charge >= 0.3 is 0 Å². The van der Waals surface area contributed by atoms with Crippen LogP contribution in [0.4, 0.5) is 0 Å². The SMILES string of the molecule is O=C(Cc1cc(Br)cc2c1OCC2)C1CCCCCC1. The topological polar surface area (TPSA) is 26.3 Å². The van der Waals surface area contributed by atoms with Crippen LogP contribution in [0.2, 0.25) is 0 Å². The van der Waals surface area contributed by atoms with E-state index in [0.29, 0.717) is 12.2 Å². The van der Waals surface area contributed by atoms with Crippen LogP contribution in [0.3, 0.4) is 0 Å². The maximum absolute atomic E-state index is 12.6. The Balaban J connectivity index is 1.75. The van der Waals surface area contributed by atoms with Gasteiger partial charge in [0.2, 0.25) is 0 Å². The molecule has 1 saturated carbocycles. The predicted molar refractivity (Wildman–Crippen MR) is 83.2 cm³/mol. The first-order valence-corrected chi connectivity index (χ1v) is 8.50. The van der Waals surface area contributed by atoms with Crippen LogP contribution in [0.25, 0.3) is 0 Å². The van der Waals surface area contributed by atoms with Crippen molar-refractivity contribution in [1.82, 2.24) is 0 Å². The Morgan fingerprint density at radius 1 is 1.20 bits per heavy atom. The molecule has 0 amide bonds. The van der Waals surface area contributed by atoms with Gasteiger partial charge in [-0.15, -0.1) is 0 Å². The van der Waals surface area contributed by atoms with E-state index in [2.05, 4.69) is 28.1 Å². The van der Waals surface area contributed by atoms with E-state index in [-0.39, 0.29) is 5.92 Å². The van der Waals surface area contributed by atoms with E-state index >= 15 is 0 Å². The molecule has 1 heterocycles. The molecule has 1 aromatic rings. The van der Waals surface area contributed by atoms with Gasteiger partial charge in [-0.05, 0) is 30.5 Å². The van der Waals surface area contributed by atoms with Crippen molar-refractivity contribution >= 4 is 21.7 Å². The molecule has 0 aromatic heterocycles. The molecular weight excluding hydrogens is 316 g/mol. The third-order valence-electron chi connectivity index (χ3n) is 4.50. The molecule has 1 aromatic carbocycles. The molecule has 2 aliphatic rings. The van der Waals surface area contributed by atoms with E-state index in [1.165, 1.54) is 31.2 Å². The van der Waals surface area contributed by atoms with Crippen molar-refractivity contribution in [2.75, 3.05) is 6.61 Å². The molecule has 0 radical (unpaired) electrons. The molecule has 3 heteroatoms. The molecule has 3 rings (SSSR count). The van der Waals surface area contributed by atoms with E-state index in [1.54, 1.807) is 0 Å². The molecule has 0 N–H and O–H groups in total. The summed E-state index contributed by atoms with van der Waals surface area (Å²) >= 11 is 3.55. The second kappa shape index (κ2) is 6.30. The Kier molecular flexibility index (Phi) is 4.45. The number of benzene rings is 1. The Hall–Kier alpha value is -0.830. The zero-order valence-corrected chi connectivity index (χ0v) is 13.4. The molecule has 2 nitrogen and oxygen atoms in total. The third kappa shape index (κ3) is 3.08. The van der Waals surface area contributed by atoms with Gasteiger partial charge in [-0.3, -0.25) is 4.79 Å². The van der Waals surface area contributed by atoms with Gasteiger partial charge in [-0.25, -0.2) is 0 Å². The van der Waals surface area contributed by atoms with E-state index in [0.717, 1.165) is 41.7 Å². The maximum atomic E-state index is 12.6. The van der Waals surface area contributed by atoms with Crippen molar-refractivity contribution in [2.24, 2.45) is 5.92 Å². The monoisotopic (exact) mass is 336 g/mol. The minimum atomic E-state index is 0.272. The quantitative estimate of drug-likeness (QED) is 0.761. The van der Waals surface area contributed by atoms with Gasteiger partial charge in [-0.2, -0.15) is 0 Å². The largest absolute Gasteiger partial charge is 0.493 e. The zero-order chi connectivity index (χ0) is 13.9. The molecule has 1 aliphatic heterocycles. The Labute approximate surface area is 129 Å². The minimum Gasteiger partial charge on any atom is -0.493 e. The molecule has 0 bridgehead atoms. The first kappa shape index (κ1) is 14.1. The Bertz CT molecular complexity index is 502. The van der Waals surface area contributed by atoms with Crippen LogP contribution in [0.1, 0.15) is 49.7 Å². The lowest BCUT2D eigenvalue weighted by molar-refractivity contribution is -0.122. The van der Waals surface area contributed by atoms with Crippen molar-refractivity contribution in [2.45, 2.75) is 51.4 Å². The predicted octanol–water partition coefficient (Wildman–Crippen LogP) is 4.47. The summed E-state index contributed by atoms with van der Waals surface area (Å²) in [5, 5.41) is 0. The average Bonchev–Trinajstić information content (AvgIpc) is 2.72. The van der Waals surface area contributed by atoms with Crippen LogP contribution in [-0.4, -0.2) is 12.4 Å². The lowest BCUT2D eigenvalue weighted by Gasteiger charge is -2.14. The van der Waals surface area contributed by atoms with Crippen LogP contribution < -0.4 is 4.74 Å². The first-order valence-electron chi connectivity index (χ1n) is 7.71. The van der Waals surface area contributed by atoms with Gasteiger partial charge in [0.1, 0.15) is 11.5 Å². The van der Waals surface area contributed by atoms with Crippen LogP contribution in [0.15, 0.2) is 16.6 Å². The molecule has 0 unspecified atom stereocenters. The fourth-order valence-corrected chi connectivity index (χ4v) is 3.96. The number of halogens is 1. The lowest BCUT2D eigenvalue weighted by Crippen LogP contribution is -2.16. The van der Waals surface area contributed by atoms with Gasteiger partial charge in [0, 0.05) is 28.8 Å². The fourth-order valence-electron chi connectivity index (χ4n) is 3.41. The number of carbonyl (C=O) groups is 1. The van der Waals surface area contributed by atoms with E-state index in [9.17, 15) is 4.79 Å². The third-order valence-corrected chi connectivity index (χ3v) is 4.96. The summed E-state index contributed by atoms with van der Waals surface area (Å²) in [4.78, 5) is 12.6. The van der Waals surface area contributed by atoms with E-state index in [4.69, 9.17) is 4.74 Å². The summed E-state index contributed by atoms with van der Waals surface area (Å²) in [7, 11) is 0.